The molecule has 0 aliphatic heterocycles. The second-order valence-corrected chi connectivity index (χ2v) is 5.75. The lowest BCUT2D eigenvalue weighted by molar-refractivity contribution is 0.326. The summed E-state index contributed by atoms with van der Waals surface area (Å²) in [6, 6.07) is 12.3. The van der Waals surface area contributed by atoms with Crippen molar-refractivity contribution in [3.63, 3.8) is 0 Å². The molecular weight excluding hydrogens is 288 g/mol. The van der Waals surface area contributed by atoms with Crippen LogP contribution in [0.5, 0.6) is 5.88 Å². The molecule has 2 aromatic heterocycles. The quantitative estimate of drug-likeness (QED) is 0.746. The van der Waals surface area contributed by atoms with E-state index in [1.165, 1.54) is 11.1 Å². The lowest BCUT2D eigenvalue weighted by Crippen LogP contribution is -2.02. The van der Waals surface area contributed by atoms with Gasteiger partial charge in [-0.25, -0.2) is 4.98 Å². The molecule has 0 saturated carbocycles. The molecular formula is C19H22N2O2. The fraction of sp³-hybridized carbons (Fsp3) is 0.316. The van der Waals surface area contributed by atoms with Gasteiger partial charge in [-0.1, -0.05) is 18.2 Å². The molecule has 120 valence electrons. The average molecular weight is 310 g/mol. The van der Waals surface area contributed by atoms with Gasteiger partial charge in [-0.15, -0.1) is 0 Å². The minimum absolute atomic E-state index is 0.0826. The number of aryl methyl sites for hydroxylation is 2. The Morgan fingerprint density at radius 3 is 2.61 bits per heavy atom. The first kappa shape index (κ1) is 15.6. The summed E-state index contributed by atoms with van der Waals surface area (Å²) in [6.07, 6.45) is 3.76. The number of ether oxygens (including phenoxy) is 1. The normalized spacial score (nSPS) is 12.5. The second kappa shape index (κ2) is 6.84. The number of furan rings is 1. The number of fused-ring (bicyclic) bond motifs is 1. The van der Waals surface area contributed by atoms with E-state index in [0.29, 0.717) is 12.5 Å². The Morgan fingerprint density at radius 1 is 1.13 bits per heavy atom. The fourth-order valence-corrected chi connectivity index (χ4v) is 2.56. The van der Waals surface area contributed by atoms with Gasteiger partial charge in [0.15, 0.2) is 0 Å². The minimum atomic E-state index is -0.0826. The first-order chi connectivity index (χ1) is 11.2. The van der Waals surface area contributed by atoms with Crippen molar-refractivity contribution in [1.82, 2.24) is 4.98 Å². The zero-order chi connectivity index (χ0) is 16.2. The van der Waals surface area contributed by atoms with E-state index in [2.05, 4.69) is 29.2 Å². The molecule has 4 heteroatoms. The Morgan fingerprint density at radius 2 is 1.91 bits per heavy atom. The second-order valence-electron chi connectivity index (χ2n) is 5.75. The standard InChI is InChI=1S/C19H22N2O2/c1-3-22-19-9-7-15(12-21-19)5-4-14-6-8-16-11-17(13(2)20)23-18(16)10-14/h6-13H,3-5,20H2,1-2H3. The maximum absolute atomic E-state index is 5.87. The first-order valence-electron chi connectivity index (χ1n) is 8.01. The van der Waals surface area contributed by atoms with Gasteiger partial charge in [0.1, 0.15) is 11.3 Å². The average Bonchev–Trinajstić information content (AvgIpc) is 2.98. The molecule has 3 aromatic rings. The van der Waals surface area contributed by atoms with Crippen molar-refractivity contribution >= 4 is 11.0 Å². The van der Waals surface area contributed by atoms with Gasteiger partial charge in [-0.2, -0.15) is 0 Å². The summed E-state index contributed by atoms with van der Waals surface area (Å²) < 4.78 is 11.2. The number of pyridine rings is 1. The molecule has 1 aromatic carbocycles. The number of benzene rings is 1. The maximum Gasteiger partial charge on any atom is 0.213 e. The lowest BCUT2D eigenvalue weighted by atomic mass is 10.0. The van der Waals surface area contributed by atoms with Crippen LogP contribution < -0.4 is 10.5 Å². The van der Waals surface area contributed by atoms with E-state index in [1.54, 1.807) is 0 Å². The van der Waals surface area contributed by atoms with Gasteiger partial charge in [0.2, 0.25) is 5.88 Å². The van der Waals surface area contributed by atoms with Crippen molar-refractivity contribution in [3.05, 3.63) is 59.5 Å². The SMILES string of the molecule is CCOc1ccc(CCc2ccc3cc(C(C)N)oc3c2)cn1. The molecule has 0 bridgehead atoms. The van der Waals surface area contributed by atoms with E-state index < -0.39 is 0 Å². The van der Waals surface area contributed by atoms with Gasteiger partial charge in [0, 0.05) is 17.6 Å². The van der Waals surface area contributed by atoms with E-state index in [9.17, 15) is 0 Å². The summed E-state index contributed by atoms with van der Waals surface area (Å²) in [5.41, 5.74) is 9.22. The number of nitrogens with zero attached hydrogens (tertiary/aromatic N) is 1. The highest BCUT2D eigenvalue weighted by Gasteiger charge is 2.08. The molecule has 0 amide bonds. The third kappa shape index (κ3) is 3.71. The number of aromatic nitrogens is 1. The zero-order valence-electron chi connectivity index (χ0n) is 13.6. The van der Waals surface area contributed by atoms with Gasteiger partial charge in [0.25, 0.3) is 0 Å². The van der Waals surface area contributed by atoms with Crippen LogP contribution in [0.25, 0.3) is 11.0 Å². The molecule has 1 unspecified atom stereocenters. The summed E-state index contributed by atoms with van der Waals surface area (Å²) in [5, 5.41) is 1.10. The minimum Gasteiger partial charge on any atom is -0.478 e. The fourth-order valence-electron chi connectivity index (χ4n) is 2.56. The highest BCUT2D eigenvalue weighted by molar-refractivity contribution is 5.78. The van der Waals surface area contributed by atoms with Crippen LogP contribution in [0.4, 0.5) is 0 Å². The van der Waals surface area contributed by atoms with Crippen LogP contribution in [0, 0.1) is 0 Å². The van der Waals surface area contributed by atoms with E-state index in [1.807, 2.05) is 32.2 Å². The molecule has 2 heterocycles. The van der Waals surface area contributed by atoms with E-state index in [0.717, 1.165) is 29.6 Å². The molecule has 0 aliphatic rings. The van der Waals surface area contributed by atoms with Crippen LogP contribution in [-0.2, 0) is 12.8 Å². The van der Waals surface area contributed by atoms with Crippen LogP contribution in [0.15, 0.2) is 47.0 Å². The van der Waals surface area contributed by atoms with Crippen molar-refractivity contribution < 1.29 is 9.15 Å². The topological polar surface area (TPSA) is 61.3 Å². The molecule has 23 heavy (non-hydrogen) atoms. The van der Waals surface area contributed by atoms with Crippen molar-refractivity contribution in [2.24, 2.45) is 5.73 Å². The van der Waals surface area contributed by atoms with Gasteiger partial charge in [0.05, 0.1) is 12.6 Å². The summed E-state index contributed by atoms with van der Waals surface area (Å²) in [7, 11) is 0. The molecule has 3 rings (SSSR count). The molecule has 0 radical (unpaired) electrons. The molecule has 4 nitrogen and oxygen atoms in total. The molecule has 1 atom stereocenters. The van der Waals surface area contributed by atoms with Crippen LogP contribution >= 0.6 is 0 Å². The molecule has 0 aliphatic carbocycles. The predicted molar refractivity (Wildman–Crippen MR) is 91.6 cm³/mol. The number of rotatable bonds is 6. The van der Waals surface area contributed by atoms with Crippen LogP contribution in [-0.4, -0.2) is 11.6 Å². The molecule has 2 N–H and O–H groups in total. The summed E-state index contributed by atoms with van der Waals surface area (Å²) in [6.45, 7) is 4.52. The highest BCUT2D eigenvalue weighted by atomic mass is 16.5. The number of hydrogen-bond acceptors (Lipinski definition) is 4. The Labute approximate surface area is 136 Å². The number of nitrogens with two attached hydrogens (primary N) is 1. The molecule has 0 spiro atoms. The summed E-state index contributed by atoms with van der Waals surface area (Å²) in [5.74, 6) is 1.50. The van der Waals surface area contributed by atoms with Crippen molar-refractivity contribution in [3.8, 4) is 5.88 Å². The largest absolute Gasteiger partial charge is 0.478 e. The van der Waals surface area contributed by atoms with Crippen LogP contribution in [0.3, 0.4) is 0 Å². The summed E-state index contributed by atoms with van der Waals surface area (Å²) in [4.78, 5) is 4.30. The van der Waals surface area contributed by atoms with Crippen LogP contribution in [0.2, 0.25) is 0 Å². The van der Waals surface area contributed by atoms with E-state index in [-0.39, 0.29) is 6.04 Å². The van der Waals surface area contributed by atoms with Gasteiger partial charge in [-0.3, -0.25) is 0 Å². The van der Waals surface area contributed by atoms with E-state index in [4.69, 9.17) is 14.9 Å². The highest BCUT2D eigenvalue weighted by Crippen LogP contribution is 2.24. The van der Waals surface area contributed by atoms with Crippen molar-refractivity contribution in [2.75, 3.05) is 6.61 Å². The van der Waals surface area contributed by atoms with Crippen molar-refractivity contribution in [2.45, 2.75) is 32.7 Å². The van der Waals surface area contributed by atoms with Crippen molar-refractivity contribution in [1.29, 1.82) is 0 Å². The smallest absolute Gasteiger partial charge is 0.213 e. The van der Waals surface area contributed by atoms with Crippen LogP contribution in [0.1, 0.15) is 36.8 Å². The third-order valence-electron chi connectivity index (χ3n) is 3.84. The maximum atomic E-state index is 5.87. The lowest BCUT2D eigenvalue weighted by Gasteiger charge is -2.04. The predicted octanol–water partition coefficient (Wildman–Crippen LogP) is 4.03. The Kier molecular flexibility index (Phi) is 4.63. The zero-order valence-corrected chi connectivity index (χ0v) is 13.6. The summed E-state index contributed by atoms with van der Waals surface area (Å²) >= 11 is 0. The van der Waals surface area contributed by atoms with Gasteiger partial charge >= 0.3 is 0 Å². The first-order valence-corrected chi connectivity index (χ1v) is 8.01. The Bertz CT molecular complexity index is 776. The number of hydrogen-bond donors (Lipinski definition) is 1. The third-order valence-corrected chi connectivity index (χ3v) is 3.84. The molecule has 0 fully saturated rings. The Balaban J connectivity index is 1.68. The van der Waals surface area contributed by atoms with Gasteiger partial charge in [-0.05, 0) is 49.9 Å². The van der Waals surface area contributed by atoms with E-state index >= 15 is 0 Å². The Hall–Kier alpha value is -2.33. The monoisotopic (exact) mass is 310 g/mol. The molecule has 0 saturated heterocycles. The van der Waals surface area contributed by atoms with Gasteiger partial charge < -0.3 is 14.9 Å².